The Morgan fingerprint density at radius 3 is 0.857 bits per heavy atom. The fraction of sp³-hybridized carbons (Fsp3) is 0.167. The second-order valence-electron chi connectivity index (χ2n) is 11.6. The van der Waals surface area contributed by atoms with Crippen molar-refractivity contribution in [3.8, 4) is 23.0 Å². The molecule has 0 radical (unpaired) electrons. The number of carboxylic acids is 1. The number of carbonyl (C=O) groups is 1. The van der Waals surface area contributed by atoms with Crippen LogP contribution in [0.2, 0.25) is 0 Å². The van der Waals surface area contributed by atoms with E-state index in [0.717, 1.165) is 0 Å². The summed E-state index contributed by atoms with van der Waals surface area (Å²) in [7, 11) is -20.5. The third-order valence-electron chi connectivity index (χ3n) is 7.91. The molecular formula is C30H22Na4O18S4. The van der Waals surface area contributed by atoms with Crippen LogP contribution in [0.15, 0.2) is 68.1 Å². The molecule has 0 aliphatic heterocycles. The summed E-state index contributed by atoms with van der Waals surface area (Å²) in [4.78, 5) is 7.73. The summed E-state index contributed by atoms with van der Waals surface area (Å²) >= 11 is 0. The van der Waals surface area contributed by atoms with E-state index in [4.69, 9.17) is 4.74 Å². The molecule has 4 aromatic carbocycles. The Morgan fingerprint density at radius 2 is 0.661 bits per heavy atom. The van der Waals surface area contributed by atoms with Gasteiger partial charge in [-0.3, -0.25) is 18.2 Å². The SMILES string of the molecule is O=C([O-])COc1c2cc(S(=O)(=O)O)cc1Cc1cc(S(=O)(=O)O)cc(c1[O-])Cc1cc(S(=O)(=O)O)cc(c1[O-])Cc1cc(S(=O)(=O)O)cc(c1[O-])C2.[Na+].[Na+].[Na+].[Na+]. The largest absolute Gasteiger partial charge is 1.00 e. The summed E-state index contributed by atoms with van der Waals surface area (Å²) in [6.07, 6.45) is -3.46. The van der Waals surface area contributed by atoms with E-state index in [1.54, 1.807) is 0 Å². The van der Waals surface area contributed by atoms with Crippen LogP contribution in [-0.2, 0) is 71.0 Å². The van der Waals surface area contributed by atoms with Gasteiger partial charge in [0.2, 0.25) is 0 Å². The van der Waals surface area contributed by atoms with Crippen molar-refractivity contribution in [2.45, 2.75) is 45.3 Å². The zero-order chi connectivity index (χ0) is 38.7. The van der Waals surface area contributed by atoms with E-state index in [1.807, 2.05) is 0 Å². The Balaban J connectivity index is 0.00000392. The zero-order valence-electron chi connectivity index (χ0n) is 29.8. The first kappa shape index (κ1) is 53.2. The molecule has 26 heteroatoms. The Kier molecular flexibility index (Phi) is 18.7. The minimum Gasteiger partial charge on any atom is -0.872 e. The van der Waals surface area contributed by atoms with Crippen LogP contribution in [0, 0.1) is 0 Å². The van der Waals surface area contributed by atoms with Gasteiger partial charge in [0.15, 0.2) is 0 Å². The molecule has 56 heavy (non-hydrogen) atoms. The van der Waals surface area contributed by atoms with E-state index in [2.05, 4.69) is 0 Å². The molecule has 4 aromatic rings. The molecule has 0 saturated carbocycles. The van der Waals surface area contributed by atoms with Gasteiger partial charge in [-0.15, -0.1) is 17.2 Å². The van der Waals surface area contributed by atoms with Crippen molar-refractivity contribution in [3.63, 3.8) is 0 Å². The van der Waals surface area contributed by atoms with Gasteiger partial charge in [0.05, 0.1) is 25.6 Å². The summed E-state index contributed by atoms with van der Waals surface area (Å²) in [6, 6.07) is 5.32. The van der Waals surface area contributed by atoms with Crippen LogP contribution >= 0.6 is 0 Å². The molecule has 278 valence electrons. The molecule has 18 nitrogen and oxygen atoms in total. The Bertz CT molecular complexity index is 2520. The molecule has 0 amide bonds. The van der Waals surface area contributed by atoms with E-state index < -0.39 is 166 Å². The van der Waals surface area contributed by atoms with Crippen LogP contribution in [0.4, 0.5) is 0 Å². The molecule has 1 aliphatic rings. The van der Waals surface area contributed by atoms with Crippen LogP contribution in [0.3, 0.4) is 0 Å². The van der Waals surface area contributed by atoms with Gasteiger partial charge in [0.25, 0.3) is 40.5 Å². The number of fused-ring (bicyclic) bond motifs is 8. The van der Waals surface area contributed by atoms with E-state index >= 15 is 0 Å². The van der Waals surface area contributed by atoms with Crippen LogP contribution in [0.1, 0.15) is 44.5 Å². The fourth-order valence-corrected chi connectivity index (χ4v) is 8.00. The van der Waals surface area contributed by atoms with Gasteiger partial charge in [-0.05, 0) is 94.8 Å². The van der Waals surface area contributed by atoms with Crippen LogP contribution in [-0.4, -0.2) is 64.5 Å². The second-order valence-corrected chi connectivity index (χ2v) is 17.2. The fourth-order valence-electron chi connectivity index (χ4n) is 5.67. The number of hydrogen-bond acceptors (Lipinski definition) is 14. The van der Waals surface area contributed by atoms with Crippen molar-refractivity contribution in [1.82, 2.24) is 0 Å². The Labute approximate surface area is 408 Å². The third kappa shape index (κ3) is 12.4. The van der Waals surface area contributed by atoms with Crippen molar-refractivity contribution in [2.75, 3.05) is 6.61 Å². The average Bonchev–Trinajstić information content (AvgIpc) is 2.99. The number of benzene rings is 4. The van der Waals surface area contributed by atoms with Gasteiger partial charge in [-0.1, -0.05) is 0 Å². The maximum atomic E-state index is 13.8. The smallest absolute Gasteiger partial charge is 0.872 e. The first-order valence-corrected chi connectivity index (χ1v) is 20.0. The predicted molar refractivity (Wildman–Crippen MR) is 165 cm³/mol. The summed E-state index contributed by atoms with van der Waals surface area (Å²) in [5.41, 5.74) is -4.28. The number of hydrogen-bond donors (Lipinski definition) is 4. The Morgan fingerprint density at radius 1 is 0.464 bits per heavy atom. The number of carboxylic acid groups (broad SMARTS) is 1. The van der Waals surface area contributed by atoms with E-state index in [-0.39, 0.29) is 118 Å². The van der Waals surface area contributed by atoms with Crippen LogP contribution in [0.5, 0.6) is 23.0 Å². The first-order chi connectivity index (χ1) is 23.8. The van der Waals surface area contributed by atoms with Gasteiger partial charge in [-0.2, -0.15) is 33.7 Å². The summed E-state index contributed by atoms with van der Waals surface area (Å²) in [5.74, 6) is -5.52. The molecule has 0 unspecified atom stereocenters. The van der Waals surface area contributed by atoms with E-state index in [0.29, 0.717) is 48.5 Å². The molecule has 4 N–H and O–H groups in total. The van der Waals surface area contributed by atoms with Gasteiger partial charge in [0.1, 0.15) is 12.4 Å². The number of aliphatic carboxylic acids is 1. The third-order valence-corrected chi connectivity index (χ3v) is 11.2. The monoisotopic (exact) mass is 890 g/mol. The normalized spacial score (nSPS) is 12.8. The van der Waals surface area contributed by atoms with E-state index in [9.17, 15) is 77.1 Å². The van der Waals surface area contributed by atoms with Gasteiger partial charge in [0, 0.05) is 24.0 Å². The van der Waals surface area contributed by atoms with Crippen molar-refractivity contribution in [1.29, 1.82) is 0 Å². The van der Waals surface area contributed by atoms with Crippen LogP contribution in [0.25, 0.3) is 0 Å². The summed E-state index contributed by atoms with van der Waals surface area (Å²) < 4.78 is 143. The second kappa shape index (κ2) is 19.7. The number of ether oxygens (including phenoxy) is 1. The molecule has 8 bridgehead atoms. The van der Waals surface area contributed by atoms with Crippen molar-refractivity contribution >= 4 is 46.4 Å². The molecule has 0 fully saturated rings. The Hall–Kier alpha value is -0.810. The number of rotatable bonds is 7. The maximum absolute atomic E-state index is 13.8. The molecular weight excluding hydrogens is 869 g/mol. The van der Waals surface area contributed by atoms with Crippen molar-refractivity contribution in [3.05, 3.63) is 93.0 Å². The van der Waals surface area contributed by atoms with Gasteiger partial charge >= 0.3 is 118 Å². The van der Waals surface area contributed by atoms with Crippen molar-refractivity contribution < 1.29 is 200 Å². The van der Waals surface area contributed by atoms with Crippen molar-refractivity contribution in [2.24, 2.45) is 0 Å². The molecule has 0 saturated heterocycles. The predicted octanol–water partition coefficient (Wildman–Crippen LogP) is -13.3. The minimum absolute atomic E-state index is 0. The zero-order valence-corrected chi connectivity index (χ0v) is 41.1. The van der Waals surface area contributed by atoms with Gasteiger partial charge in [-0.25, -0.2) is 0 Å². The molecule has 0 spiro atoms. The molecule has 0 aromatic heterocycles. The minimum atomic E-state index is -5.15. The van der Waals surface area contributed by atoms with E-state index in [1.165, 1.54) is 0 Å². The summed E-state index contributed by atoms with van der Waals surface area (Å²) in [5, 5.41) is 52.7. The quantitative estimate of drug-likeness (QED) is 0.0871. The molecule has 5 rings (SSSR count). The van der Waals surface area contributed by atoms with Gasteiger partial charge < -0.3 is 30.0 Å². The first-order valence-electron chi connectivity index (χ1n) is 14.2. The summed E-state index contributed by atoms with van der Waals surface area (Å²) in [6.45, 7) is -1.23. The number of carbonyl (C=O) groups excluding carboxylic acids is 1. The van der Waals surface area contributed by atoms with Crippen LogP contribution < -0.4 is 143 Å². The average molecular weight is 891 g/mol. The molecule has 1 aliphatic carbocycles. The standard InChI is InChI=1S/C30H26O18S4.4Na/c31-26(32)13-48-30-20-3-18-9-23(50(39,40)41)7-16(28(18)34)1-14-5-22(49(36,37)38)6-15(27(14)33)2-17-8-24(51(42,43)44)10-19(29(17)35)4-21(30)12-25(11-20)52(45,46)47;;;;/h5-12,33-35H,1-4,13H2,(H,31,32)(H,36,37,38)(H,39,40,41)(H,42,43,44)(H,45,46,47);;;;/q;4*+1/p-4. The molecule has 0 heterocycles. The molecule has 0 atom stereocenters. The maximum Gasteiger partial charge on any atom is 1.00 e. The topological polar surface area (TPSA) is 336 Å².